The Morgan fingerprint density at radius 1 is 1.31 bits per heavy atom. The lowest BCUT2D eigenvalue weighted by Crippen LogP contribution is -2.45. The number of halogens is 1. The van der Waals surface area contributed by atoms with Gasteiger partial charge in [-0.3, -0.25) is 4.90 Å². The SMILES string of the molecule is C[C@](CO)(c1ccccc1Cl)N1CCCC1. The Morgan fingerprint density at radius 2 is 1.94 bits per heavy atom. The number of hydrogen-bond donors (Lipinski definition) is 1. The molecule has 0 unspecified atom stereocenters. The van der Waals surface area contributed by atoms with Gasteiger partial charge in [0.05, 0.1) is 12.1 Å². The summed E-state index contributed by atoms with van der Waals surface area (Å²) in [6.07, 6.45) is 2.42. The summed E-state index contributed by atoms with van der Waals surface area (Å²) in [7, 11) is 0. The van der Waals surface area contributed by atoms with Crippen molar-refractivity contribution in [2.75, 3.05) is 19.7 Å². The molecule has 0 bridgehead atoms. The zero-order valence-corrected chi connectivity index (χ0v) is 10.4. The first-order valence-corrected chi connectivity index (χ1v) is 6.17. The van der Waals surface area contributed by atoms with Gasteiger partial charge in [0.2, 0.25) is 0 Å². The molecule has 2 nitrogen and oxygen atoms in total. The first kappa shape index (κ1) is 11.9. The molecule has 0 aromatic heterocycles. The molecule has 16 heavy (non-hydrogen) atoms. The van der Waals surface area contributed by atoms with Crippen molar-refractivity contribution in [2.45, 2.75) is 25.3 Å². The molecular formula is C13H18ClNO. The summed E-state index contributed by atoms with van der Waals surface area (Å²) in [4.78, 5) is 2.33. The smallest absolute Gasteiger partial charge is 0.0680 e. The lowest BCUT2D eigenvalue weighted by Gasteiger charge is -2.38. The van der Waals surface area contributed by atoms with Crippen molar-refractivity contribution in [1.29, 1.82) is 0 Å². The molecule has 1 aromatic carbocycles. The molecule has 3 heteroatoms. The second-order valence-electron chi connectivity index (χ2n) is 4.61. The Bertz CT molecular complexity index is 363. The third-order valence-electron chi connectivity index (χ3n) is 3.57. The molecule has 0 saturated carbocycles. The summed E-state index contributed by atoms with van der Waals surface area (Å²) in [5, 5.41) is 10.5. The lowest BCUT2D eigenvalue weighted by atomic mass is 9.91. The van der Waals surface area contributed by atoms with Gasteiger partial charge in [0.25, 0.3) is 0 Å². The van der Waals surface area contributed by atoms with Gasteiger partial charge >= 0.3 is 0 Å². The maximum atomic E-state index is 9.72. The van der Waals surface area contributed by atoms with Crippen molar-refractivity contribution in [3.63, 3.8) is 0 Å². The molecule has 0 amide bonds. The van der Waals surface area contributed by atoms with E-state index in [0.717, 1.165) is 23.7 Å². The fourth-order valence-corrected chi connectivity index (χ4v) is 2.80. The van der Waals surface area contributed by atoms with E-state index >= 15 is 0 Å². The summed E-state index contributed by atoms with van der Waals surface area (Å²) < 4.78 is 0. The summed E-state index contributed by atoms with van der Waals surface area (Å²) in [6, 6.07) is 7.80. The number of benzene rings is 1. The Morgan fingerprint density at radius 3 is 2.50 bits per heavy atom. The van der Waals surface area contributed by atoms with Crippen LogP contribution in [0.15, 0.2) is 24.3 Å². The minimum absolute atomic E-state index is 0.108. The van der Waals surface area contributed by atoms with Crippen LogP contribution in [0.25, 0.3) is 0 Å². The van der Waals surface area contributed by atoms with Crippen LogP contribution in [0.5, 0.6) is 0 Å². The van der Waals surface area contributed by atoms with Crippen LogP contribution in [-0.4, -0.2) is 29.7 Å². The van der Waals surface area contributed by atoms with Crippen LogP contribution in [0.3, 0.4) is 0 Å². The third kappa shape index (κ3) is 1.97. The molecule has 1 fully saturated rings. The first-order chi connectivity index (χ1) is 7.68. The largest absolute Gasteiger partial charge is 0.394 e. The average molecular weight is 240 g/mol. The molecule has 0 spiro atoms. The molecule has 1 saturated heterocycles. The topological polar surface area (TPSA) is 23.5 Å². The third-order valence-corrected chi connectivity index (χ3v) is 3.90. The van der Waals surface area contributed by atoms with Gasteiger partial charge in [0.1, 0.15) is 0 Å². The van der Waals surface area contributed by atoms with E-state index in [1.807, 2.05) is 24.3 Å². The Labute approximate surface area is 102 Å². The van der Waals surface area contributed by atoms with Crippen molar-refractivity contribution < 1.29 is 5.11 Å². The van der Waals surface area contributed by atoms with Crippen LogP contribution < -0.4 is 0 Å². The summed E-state index contributed by atoms with van der Waals surface area (Å²) in [5.41, 5.74) is 0.690. The van der Waals surface area contributed by atoms with E-state index in [0.29, 0.717) is 0 Å². The quantitative estimate of drug-likeness (QED) is 0.877. The highest BCUT2D eigenvalue weighted by Crippen LogP contribution is 2.35. The predicted octanol–water partition coefficient (Wildman–Crippen LogP) is 2.64. The van der Waals surface area contributed by atoms with Gasteiger partial charge in [-0.05, 0) is 44.5 Å². The second kappa shape index (κ2) is 4.74. The Hall–Kier alpha value is -0.570. The van der Waals surface area contributed by atoms with Gasteiger partial charge in [0, 0.05) is 5.02 Å². The van der Waals surface area contributed by atoms with Crippen LogP contribution in [-0.2, 0) is 5.54 Å². The molecule has 2 rings (SSSR count). The average Bonchev–Trinajstić information content (AvgIpc) is 2.82. The van der Waals surface area contributed by atoms with Gasteiger partial charge in [-0.25, -0.2) is 0 Å². The zero-order chi connectivity index (χ0) is 11.6. The number of hydrogen-bond acceptors (Lipinski definition) is 2. The molecule has 1 aliphatic heterocycles. The van der Waals surface area contributed by atoms with Crippen molar-refractivity contribution in [3.8, 4) is 0 Å². The summed E-state index contributed by atoms with van der Waals surface area (Å²) in [5.74, 6) is 0. The fraction of sp³-hybridized carbons (Fsp3) is 0.538. The number of nitrogens with zero attached hydrogens (tertiary/aromatic N) is 1. The van der Waals surface area contributed by atoms with E-state index in [2.05, 4.69) is 11.8 Å². The maximum absolute atomic E-state index is 9.72. The number of aliphatic hydroxyl groups excluding tert-OH is 1. The molecule has 88 valence electrons. The highest BCUT2D eigenvalue weighted by atomic mass is 35.5. The van der Waals surface area contributed by atoms with E-state index < -0.39 is 0 Å². The normalized spacial score (nSPS) is 20.9. The minimum Gasteiger partial charge on any atom is -0.394 e. The maximum Gasteiger partial charge on any atom is 0.0680 e. The molecule has 1 aromatic rings. The molecule has 1 aliphatic rings. The van der Waals surface area contributed by atoms with Crippen molar-refractivity contribution in [3.05, 3.63) is 34.9 Å². The number of aliphatic hydroxyl groups is 1. The standard InChI is InChI=1S/C13H18ClNO/c1-13(10-16,15-8-4-5-9-15)11-6-2-3-7-12(11)14/h2-3,6-7,16H,4-5,8-10H2,1H3/t13-/m0/s1. The van der Waals surface area contributed by atoms with E-state index in [1.54, 1.807) is 0 Å². The summed E-state index contributed by atoms with van der Waals surface area (Å²) in [6.45, 7) is 4.26. The van der Waals surface area contributed by atoms with Crippen LogP contribution in [0, 0.1) is 0 Å². The monoisotopic (exact) mass is 239 g/mol. The Balaban J connectivity index is 2.37. The van der Waals surface area contributed by atoms with E-state index in [-0.39, 0.29) is 12.1 Å². The predicted molar refractivity (Wildman–Crippen MR) is 66.7 cm³/mol. The van der Waals surface area contributed by atoms with Crippen molar-refractivity contribution >= 4 is 11.6 Å². The minimum atomic E-state index is -0.338. The van der Waals surface area contributed by atoms with Gasteiger partial charge < -0.3 is 5.11 Å². The van der Waals surface area contributed by atoms with Gasteiger partial charge in [0.15, 0.2) is 0 Å². The van der Waals surface area contributed by atoms with Crippen LogP contribution in [0.4, 0.5) is 0 Å². The van der Waals surface area contributed by atoms with E-state index in [4.69, 9.17) is 11.6 Å². The second-order valence-corrected chi connectivity index (χ2v) is 5.01. The molecule has 0 radical (unpaired) electrons. The first-order valence-electron chi connectivity index (χ1n) is 5.79. The van der Waals surface area contributed by atoms with Crippen molar-refractivity contribution in [2.24, 2.45) is 0 Å². The van der Waals surface area contributed by atoms with Gasteiger partial charge in [-0.1, -0.05) is 29.8 Å². The highest BCUT2D eigenvalue weighted by molar-refractivity contribution is 6.31. The Kier molecular flexibility index (Phi) is 3.53. The molecule has 0 aliphatic carbocycles. The lowest BCUT2D eigenvalue weighted by molar-refractivity contribution is 0.0601. The summed E-state index contributed by atoms with van der Waals surface area (Å²) >= 11 is 6.23. The van der Waals surface area contributed by atoms with Crippen LogP contribution >= 0.6 is 11.6 Å². The van der Waals surface area contributed by atoms with Crippen LogP contribution in [0.2, 0.25) is 5.02 Å². The van der Waals surface area contributed by atoms with Crippen molar-refractivity contribution in [1.82, 2.24) is 4.90 Å². The molecule has 1 N–H and O–H groups in total. The molecule has 1 heterocycles. The highest BCUT2D eigenvalue weighted by Gasteiger charge is 2.35. The molecular weight excluding hydrogens is 222 g/mol. The molecule has 1 atom stereocenters. The fourth-order valence-electron chi connectivity index (χ4n) is 2.46. The van der Waals surface area contributed by atoms with Gasteiger partial charge in [-0.2, -0.15) is 0 Å². The number of likely N-dealkylation sites (tertiary alicyclic amines) is 1. The number of rotatable bonds is 3. The van der Waals surface area contributed by atoms with Crippen LogP contribution in [0.1, 0.15) is 25.3 Å². The zero-order valence-electron chi connectivity index (χ0n) is 9.62. The van der Waals surface area contributed by atoms with E-state index in [9.17, 15) is 5.11 Å². The van der Waals surface area contributed by atoms with Gasteiger partial charge in [-0.15, -0.1) is 0 Å². The van der Waals surface area contributed by atoms with E-state index in [1.165, 1.54) is 12.8 Å².